The Morgan fingerprint density at radius 3 is 2.92 bits per heavy atom. The zero-order valence-corrected chi connectivity index (χ0v) is 7.29. The normalized spacial score (nSPS) is 41.7. The summed E-state index contributed by atoms with van der Waals surface area (Å²) in [5.41, 5.74) is 3.04. The predicted octanol–water partition coefficient (Wildman–Crippen LogP) is -1.07. The lowest BCUT2D eigenvalue weighted by molar-refractivity contribution is -0.140. The molecule has 2 rings (SSSR count). The van der Waals surface area contributed by atoms with Crippen molar-refractivity contribution in [3.63, 3.8) is 0 Å². The van der Waals surface area contributed by atoms with Crippen LogP contribution in [0.3, 0.4) is 0 Å². The molecule has 3 N–H and O–H groups in total. The number of hydrogen-bond acceptors (Lipinski definition) is 4. The summed E-state index contributed by atoms with van der Waals surface area (Å²) in [5, 5.41) is 8.10. The van der Waals surface area contributed by atoms with Crippen LogP contribution in [0.4, 0.5) is 0 Å². The van der Waals surface area contributed by atoms with Gasteiger partial charge in [0.2, 0.25) is 5.91 Å². The van der Waals surface area contributed by atoms with Gasteiger partial charge in [0, 0.05) is 12.5 Å². The number of amides is 1. The molecule has 0 aromatic heterocycles. The van der Waals surface area contributed by atoms with Crippen molar-refractivity contribution < 1.29 is 4.79 Å². The van der Waals surface area contributed by atoms with Gasteiger partial charge in [0.1, 0.15) is 0 Å². The van der Waals surface area contributed by atoms with Crippen molar-refractivity contribution in [3.05, 3.63) is 0 Å². The van der Waals surface area contributed by atoms with Gasteiger partial charge in [-0.15, -0.1) is 0 Å². The smallest absolute Gasteiger partial charge is 0.240 e. The van der Waals surface area contributed by atoms with Crippen LogP contribution in [-0.2, 0) is 4.79 Å². The van der Waals surface area contributed by atoms with E-state index in [1.54, 1.807) is 5.01 Å². The van der Waals surface area contributed by atoms with Crippen LogP contribution in [-0.4, -0.2) is 29.4 Å². The van der Waals surface area contributed by atoms with E-state index in [-0.39, 0.29) is 24.4 Å². The molecule has 0 spiro atoms. The summed E-state index contributed by atoms with van der Waals surface area (Å²) in [5.74, 6) is 0.156. The van der Waals surface area contributed by atoms with Crippen molar-refractivity contribution in [1.82, 2.24) is 21.1 Å². The first-order valence-corrected chi connectivity index (χ1v) is 4.27. The molecule has 68 valence electrons. The third-order valence-electron chi connectivity index (χ3n) is 2.19. The fourth-order valence-electron chi connectivity index (χ4n) is 1.66. The summed E-state index contributed by atoms with van der Waals surface area (Å²) in [6, 6.07) is 0.262. The molecule has 2 saturated heterocycles. The summed E-state index contributed by atoms with van der Waals surface area (Å²) in [6.45, 7) is 4.00. The molecule has 5 heteroatoms. The van der Waals surface area contributed by atoms with Gasteiger partial charge >= 0.3 is 0 Å². The molecule has 3 unspecified atom stereocenters. The second-order valence-electron chi connectivity index (χ2n) is 3.46. The number of nitrogens with one attached hydrogen (secondary N) is 3. The van der Waals surface area contributed by atoms with Gasteiger partial charge in [0.15, 0.2) is 6.29 Å². The minimum Gasteiger partial charge on any atom is -0.281 e. The zero-order valence-electron chi connectivity index (χ0n) is 7.29. The molecule has 12 heavy (non-hydrogen) atoms. The zero-order chi connectivity index (χ0) is 8.72. The lowest BCUT2D eigenvalue weighted by Gasteiger charge is -2.32. The molecule has 2 fully saturated rings. The molecular formula is C7H14N4O. The van der Waals surface area contributed by atoms with E-state index in [1.165, 1.54) is 0 Å². The molecule has 0 saturated carbocycles. The summed E-state index contributed by atoms with van der Waals surface area (Å²) in [6.07, 6.45) is 0.700. The topological polar surface area (TPSA) is 56.4 Å². The van der Waals surface area contributed by atoms with Crippen LogP contribution in [0, 0.1) is 0 Å². The van der Waals surface area contributed by atoms with Crippen LogP contribution >= 0.6 is 0 Å². The number of hydrazine groups is 1. The van der Waals surface area contributed by atoms with Gasteiger partial charge in [-0.25, -0.2) is 10.4 Å². The first-order valence-electron chi connectivity index (χ1n) is 4.27. The highest BCUT2D eigenvalue weighted by atomic mass is 16.2. The van der Waals surface area contributed by atoms with E-state index in [0.29, 0.717) is 6.42 Å². The molecule has 0 aromatic rings. The van der Waals surface area contributed by atoms with E-state index in [0.717, 1.165) is 0 Å². The van der Waals surface area contributed by atoms with Gasteiger partial charge in [-0.3, -0.25) is 15.4 Å². The molecule has 0 aromatic carbocycles. The Labute approximate surface area is 71.5 Å². The first kappa shape index (κ1) is 7.97. The number of fused-ring (bicyclic) bond motifs is 1. The fraction of sp³-hybridized carbons (Fsp3) is 0.857. The monoisotopic (exact) mass is 170 g/mol. The molecule has 0 radical (unpaired) electrons. The van der Waals surface area contributed by atoms with Crippen molar-refractivity contribution in [1.29, 1.82) is 0 Å². The van der Waals surface area contributed by atoms with Crippen LogP contribution in [0.25, 0.3) is 0 Å². The Morgan fingerprint density at radius 1 is 1.42 bits per heavy atom. The largest absolute Gasteiger partial charge is 0.281 e. The Balaban J connectivity index is 2.10. The Kier molecular flexibility index (Phi) is 1.79. The van der Waals surface area contributed by atoms with Gasteiger partial charge in [-0.05, 0) is 13.8 Å². The standard InChI is InChI=1S/C7H14N4O/c1-4-3-6(12)11-7(8-4)9-5(2)10-11/h4-5,7-10H,3H2,1-2H3. The minimum absolute atomic E-state index is 0.0313. The highest BCUT2D eigenvalue weighted by Gasteiger charge is 2.37. The lowest BCUT2D eigenvalue weighted by Crippen LogP contribution is -2.60. The second kappa shape index (κ2) is 2.69. The van der Waals surface area contributed by atoms with Crippen LogP contribution in [0.5, 0.6) is 0 Å². The number of nitrogens with zero attached hydrogens (tertiary/aromatic N) is 1. The number of rotatable bonds is 0. The van der Waals surface area contributed by atoms with Gasteiger partial charge in [0.05, 0.1) is 6.17 Å². The van der Waals surface area contributed by atoms with Crippen LogP contribution in [0.15, 0.2) is 0 Å². The summed E-state index contributed by atoms with van der Waals surface area (Å²) < 4.78 is 0. The van der Waals surface area contributed by atoms with Gasteiger partial charge in [0.25, 0.3) is 0 Å². The third-order valence-corrected chi connectivity index (χ3v) is 2.19. The maximum atomic E-state index is 11.4. The third kappa shape index (κ3) is 1.20. The molecular weight excluding hydrogens is 156 g/mol. The van der Waals surface area contributed by atoms with E-state index in [4.69, 9.17) is 0 Å². The summed E-state index contributed by atoms with van der Waals surface area (Å²) >= 11 is 0. The number of hydrogen-bond donors (Lipinski definition) is 3. The molecule has 3 atom stereocenters. The predicted molar refractivity (Wildman–Crippen MR) is 43.6 cm³/mol. The summed E-state index contributed by atoms with van der Waals surface area (Å²) in [4.78, 5) is 11.4. The molecule has 0 aliphatic carbocycles. The van der Waals surface area contributed by atoms with Crippen molar-refractivity contribution in [3.8, 4) is 0 Å². The number of carbonyl (C=O) groups excluding carboxylic acids is 1. The quantitative estimate of drug-likeness (QED) is 0.433. The number of carbonyl (C=O) groups is 1. The summed E-state index contributed by atoms with van der Waals surface area (Å²) in [7, 11) is 0. The van der Waals surface area contributed by atoms with E-state index in [9.17, 15) is 4.79 Å². The van der Waals surface area contributed by atoms with Gasteiger partial charge < -0.3 is 0 Å². The van der Waals surface area contributed by atoms with Crippen molar-refractivity contribution in [2.24, 2.45) is 0 Å². The second-order valence-corrected chi connectivity index (χ2v) is 3.46. The van der Waals surface area contributed by atoms with Crippen LogP contribution in [0.2, 0.25) is 0 Å². The first-order chi connectivity index (χ1) is 5.66. The highest BCUT2D eigenvalue weighted by molar-refractivity contribution is 5.77. The molecule has 2 aliphatic heterocycles. The average Bonchev–Trinajstić information content (AvgIpc) is 2.29. The molecule has 2 heterocycles. The fourth-order valence-corrected chi connectivity index (χ4v) is 1.66. The average molecular weight is 170 g/mol. The van der Waals surface area contributed by atoms with E-state index in [2.05, 4.69) is 16.1 Å². The van der Waals surface area contributed by atoms with Crippen molar-refractivity contribution in [2.45, 2.75) is 38.8 Å². The Hall–Kier alpha value is -0.650. The van der Waals surface area contributed by atoms with Gasteiger partial charge in [-0.1, -0.05) is 0 Å². The highest BCUT2D eigenvalue weighted by Crippen LogP contribution is 2.11. The van der Waals surface area contributed by atoms with E-state index < -0.39 is 0 Å². The van der Waals surface area contributed by atoms with E-state index >= 15 is 0 Å². The van der Waals surface area contributed by atoms with Crippen molar-refractivity contribution >= 4 is 5.91 Å². The maximum absolute atomic E-state index is 11.4. The molecule has 1 amide bonds. The Bertz CT molecular complexity index is 208. The maximum Gasteiger partial charge on any atom is 0.240 e. The van der Waals surface area contributed by atoms with Crippen molar-refractivity contribution in [2.75, 3.05) is 0 Å². The molecule has 5 nitrogen and oxygen atoms in total. The van der Waals surface area contributed by atoms with Crippen LogP contribution < -0.4 is 16.1 Å². The molecule has 2 aliphatic rings. The van der Waals surface area contributed by atoms with Crippen LogP contribution in [0.1, 0.15) is 20.3 Å². The minimum atomic E-state index is -0.0313. The SMILES string of the molecule is CC1CC(=O)N2NC(C)NC2N1. The molecule has 0 bridgehead atoms. The Morgan fingerprint density at radius 2 is 2.17 bits per heavy atom. The lowest BCUT2D eigenvalue weighted by atomic mass is 10.2. The van der Waals surface area contributed by atoms with E-state index in [1.807, 2.05) is 13.8 Å². The van der Waals surface area contributed by atoms with Gasteiger partial charge in [-0.2, -0.15) is 0 Å².